The number of nitriles is 1. The van der Waals surface area contributed by atoms with E-state index in [9.17, 15) is 15.2 Å². The van der Waals surface area contributed by atoms with Gasteiger partial charge in [0.2, 0.25) is 0 Å². The SMILES string of the molecule is CC(C)(O)COc1cc(-c2ccc(N3CCCN(C(=O)c4ccccn4)CC3)nc2)c2c(C#N)cnn2c1. The lowest BCUT2D eigenvalue weighted by molar-refractivity contribution is 0.0283. The van der Waals surface area contributed by atoms with Gasteiger partial charge in [-0.25, -0.2) is 9.50 Å². The van der Waals surface area contributed by atoms with Gasteiger partial charge in [0.25, 0.3) is 5.91 Å². The van der Waals surface area contributed by atoms with Crippen LogP contribution in [0.25, 0.3) is 16.6 Å². The number of ether oxygens (including phenoxy) is 1. The summed E-state index contributed by atoms with van der Waals surface area (Å²) in [6.45, 7) is 6.15. The zero-order valence-corrected chi connectivity index (χ0v) is 21.4. The molecule has 5 rings (SSSR count). The van der Waals surface area contributed by atoms with E-state index in [4.69, 9.17) is 9.72 Å². The fourth-order valence-electron chi connectivity index (χ4n) is 4.47. The number of carbonyl (C=O) groups is 1. The molecule has 0 aromatic carbocycles. The van der Waals surface area contributed by atoms with E-state index in [1.807, 2.05) is 29.2 Å². The molecule has 0 bridgehead atoms. The van der Waals surface area contributed by atoms with Crippen LogP contribution in [-0.2, 0) is 0 Å². The molecule has 4 aromatic rings. The molecule has 1 amide bonds. The van der Waals surface area contributed by atoms with Crippen LogP contribution in [0.3, 0.4) is 0 Å². The van der Waals surface area contributed by atoms with E-state index in [-0.39, 0.29) is 12.5 Å². The molecule has 38 heavy (non-hydrogen) atoms. The summed E-state index contributed by atoms with van der Waals surface area (Å²) in [6, 6.07) is 13.3. The van der Waals surface area contributed by atoms with Crippen LogP contribution in [0.5, 0.6) is 5.75 Å². The fraction of sp³-hybridized carbons (Fsp3) is 0.321. The molecule has 0 saturated carbocycles. The minimum absolute atomic E-state index is 0.0550. The third-order valence-corrected chi connectivity index (χ3v) is 6.35. The van der Waals surface area contributed by atoms with Crippen molar-refractivity contribution >= 4 is 17.2 Å². The Bertz CT molecular complexity index is 1470. The van der Waals surface area contributed by atoms with E-state index < -0.39 is 5.60 Å². The monoisotopic (exact) mass is 511 g/mol. The van der Waals surface area contributed by atoms with Gasteiger partial charge in [0.05, 0.1) is 29.1 Å². The lowest BCUT2D eigenvalue weighted by Gasteiger charge is -2.23. The topological polar surface area (TPSA) is 120 Å². The first-order valence-corrected chi connectivity index (χ1v) is 12.5. The van der Waals surface area contributed by atoms with E-state index >= 15 is 0 Å². The number of hydrogen-bond acceptors (Lipinski definition) is 8. The lowest BCUT2D eigenvalue weighted by Crippen LogP contribution is -2.35. The minimum atomic E-state index is -0.995. The zero-order valence-electron chi connectivity index (χ0n) is 21.4. The summed E-state index contributed by atoms with van der Waals surface area (Å²) in [7, 11) is 0. The number of fused-ring (bicyclic) bond motifs is 1. The van der Waals surface area contributed by atoms with Crippen molar-refractivity contribution < 1.29 is 14.6 Å². The highest BCUT2D eigenvalue weighted by atomic mass is 16.5. The molecule has 1 fully saturated rings. The van der Waals surface area contributed by atoms with Gasteiger partial charge in [0.15, 0.2) is 0 Å². The van der Waals surface area contributed by atoms with E-state index in [0.717, 1.165) is 29.9 Å². The second-order valence-electron chi connectivity index (χ2n) is 9.91. The maximum absolute atomic E-state index is 12.8. The Labute approximate surface area is 220 Å². The second-order valence-corrected chi connectivity index (χ2v) is 9.91. The third-order valence-electron chi connectivity index (χ3n) is 6.35. The molecule has 4 aromatic heterocycles. The van der Waals surface area contributed by atoms with Crippen LogP contribution in [-0.4, -0.2) is 73.9 Å². The molecule has 0 radical (unpaired) electrons. The second kappa shape index (κ2) is 10.5. The Morgan fingerprint density at radius 2 is 2.00 bits per heavy atom. The average Bonchev–Trinajstić information content (AvgIpc) is 3.19. The molecular weight excluding hydrogens is 482 g/mol. The Morgan fingerprint density at radius 3 is 2.71 bits per heavy atom. The number of nitrogens with zero attached hydrogens (tertiary/aromatic N) is 7. The maximum Gasteiger partial charge on any atom is 0.272 e. The van der Waals surface area contributed by atoms with Crippen LogP contribution >= 0.6 is 0 Å². The first kappa shape index (κ1) is 25.2. The Kier molecular flexibility index (Phi) is 6.94. The van der Waals surface area contributed by atoms with Gasteiger partial charge in [-0.3, -0.25) is 9.78 Å². The predicted octanol–water partition coefficient (Wildman–Crippen LogP) is 3.17. The van der Waals surface area contributed by atoms with Gasteiger partial charge in [-0.15, -0.1) is 0 Å². The van der Waals surface area contributed by atoms with Crippen molar-refractivity contribution in [2.45, 2.75) is 25.9 Å². The maximum atomic E-state index is 12.8. The zero-order chi connectivity index (χ0) is 26.7. The van der Waals surface area contributed by atoms with Gasteiger partial charge in [0, 0.05) is 49.7 Å². The van der Waals surface area contributed by atoms with Crippen molar-refractivity contribution in [2.24, 2.45) is 0 Å². The van der Waals surface area contributed by atoms with Gasteiger partial charge in [-0.05, 0) is 50.6 Å². The van der Waals surface area contributed by atoms with Crippen LogP contribution in [0.1, 0.15) is 36.3 Å². The molecule has 10 nitrogen and oxygen atoms in total. The number of carbonyl (C=O) groups excluding carboxylic acids is 1. The summed E-state index contributed by atoms with van der Waals surface area (Å²) in [6.07, 6.45) is 7.46. The van der Waals surface area contributed by atoms with Crippen LogP contribution in [0.15, 0.2) is 61.2 Å². The Morgan fingerprint density at radius 1 is 1.13 bits per heavy atom. The lowest BCUT2D eigenvalue weighted by atomic mass is 10.1. The summed E-state index contributed by atoms with van der Waals surface area (Å²) in [5, 5.41) is 24.0. The standard InChI is InChI=1S/C28H29N7O3/c1-28(2,37)19-38-22-14-23(26-21(15-29)17-32-35(26)18-22)20-7-8-25(31-16-20)33-10-5-11-34(13-12-33)27(36)24-6-3-4-9-30-24/h3-4,6-9,14,16-18,37H,5,10-13,19H2,1-2H3. The number of pyridine rings is 3. The number of anilines is 1. The molecule has 0 spiro atoms. The number of aliphatic hydroxyl groups is 1. The van der Waals surface area contributed by atoms with Crippen molar-refractivity contribution in [3.05, 3.63) is 72.4 Å². The molecule has 0 atom stereocenters. The van der Waals surface area contributed by atoms with Gasteiger partial charge >= 0.3 is 0 Å². The minimum Gasteiger partial charge on any atom is -0.489 e. The highest BCUT2D eigenvalue weighted by molar-refractivity contribution is 5.92. The van der Waals surface area contributed by atoms with Crippen molar-refractivity contribution in [3.63, 3.8) is 0 Å². The molecule has 194 valence electrons. The first-order chi connectivity index (χ1) is 18.3. The summed E-state index contributed by atoms with van der Waals surface area (Å²) in [5.41, 5.74) is 2.14. The van der Waals surface area contributed by atoms with E-state index in [1.165, 1.54) is 6.20 Å². The smallest absolute Gasteiger partial charge is 0.272 e. The number of hydrogen-bond donors (Lipinski definition) is 1. The summed E-state index contributed by atoms with van der Waals surface area (Å²) in [5.74, 6) is 1.29. The number of amides is 1. The molecule has 5 heterocycles. The van der Waals surface area contributed by atoms with E-state index in [0.29, 0.717) is 42.2 Å². The van der Waals surface area contributed by atoms with Crippen molar-refractivity contribution in [3.8, 4) is 22.9 Å². The van der Waals surface area contributed by atoms with Crippen molar-refractivity contribution in [2.75, 3.05) is 37.7 Å². The molecular formula is C28H29N7O3. The average molecular weight is 512 g/mol. The Balaban J connectivity index is 1.37. The Hall–Kier alpha value is -4.49. The summed E-state index contributed by atoms with van der Waals surface area (Å²) in [4.78, 5) is 25.8. The molecule has 1 aliphatic heterocycles. The van der Waals surface area contributed by atoms with Crippen molar-refractivity contribution in [1.82, 2.24) is 24.5 Å². The highest BCUT2D eigenvalue weighted by Crippen LogP contribution is 2.31. The summed E-state index contributed by atoms with van der Waals surface area (Å²) < 4.78 is 7.43. The molecule has 0 aliphatic carbocycles. The van der Waals surface area contributed by atoms with Gasteiger partial charge < -0.3 is 19.6 Å². The summed E-state index contributed by atoms with van der Waals surface area (Å²) >= 11 is 0. The van der Waals surface area contributed by atoms with Crippen LogP contribution < -0.4 is 9.64 Å². The number of rotatable bonds is 6. The van der Waals surface area contributed by atoms with Crippen LogP contribution in [0, 0.1) is 11.3 Å². The quantitative estimate of drug-likeness (QED) is 0.419. The molecule has 1 N–H and O–H groups in total. The van der Waals surface area contributed by atoms with E-state index in [1.54, 1.807) is 49.1 Å². The van der Waals surface area contributed by atoms with Gasteiger partial charge in [-0.2, -0.15) is 10.4 Å². The molecule has 10 heteroatoms. The first-order valence-electron chi connectivity index (χ1n) is 12.5. The third kappa shape index (κ3) is 5.43. The van der Waals surface area contributed by atoms with E-state index in [2.05, 4.69) is 21.1 Å². The number of aromatic nitrogens is 4. The van der Waals surface area contributed by atoms with Gasteiger partial charge in [-0.1, -0.05) is 6.07 Å². The predicted molar refractivity (Wildman–Crippen MR) is 142 cm³/mol. The van der Waals surface area contributed by atoms with Crippen molar-refractivity contribution in [1.29, 1.82) is 5.26 Å². The fourth-order valence-corrected chi connectivity index (χ4v) is 4.47. The molecule has 1 saturated heterocycles. The van der Waals surface area contributed by atoms with Gasteiger partial charge in [0.1, 0.15) is 29.9 Å². The van der Waals surface area contributed by atoms with Crippen LogP contribution in [0.2, 0.25) is 0 Å². The largest absolute Gasteiger partial charge is 0.489 e. The normalized spacial score (nSPS) is 14.3. The molecule has 0 unspecified atom stereocenters. The van der Waals surface area contributed by atoms with Crippen LogP contribution in [0.4, 0.5) is 5.82 Å². The molecule has 1 aliphatic rings. The highest BCUT2D eigenvalue weighted by Gasteiger charge is 2.22.